The van der Waals surface area contributed by atoms with Crippen LogP contribution in [0.15, 0.2) is 22.6 Å². The Kier molecular flexibility index (Phi) is 3.21. The van der Waals surface area contributed by atoms with Gasteiger partial charge in [0.15, 0.2) is 0 Å². The van der Waals surface area contributed by atoms with Crippen LogP contribution in [0.2, 0.25) is 5.02 Å². The zero-order chi connectivity index (χ0) is 13.4. The highest BCUT2D eigenvalue weighted by atomic mass is 35.5. The van der Waals surface area contributed by atoms with Gasteiger partial charge in [-0.15, -0.1) is 0 Å². The molecule has 1 aromatic carbocycles. The highest BCUT2D eigenvalue weighted by Gasteiger charge is 2.23. The van der Waals surface area contributed by atoms with Crippen LogP contribution in [0.1, 0.15) is 29.0 Å². The second-order valence-electron chi connectivity index (χ2n) is 4.84. The average Bonchev–Trinajstić information content (AvgIpc) is 2.98. The first-order valence-corrected chi connectivity index (χ1v) is 6.69. The van der Waals surface area contributed by atoms with E-state index in [4.69, 9.17) is 16.0 Å². The number of carbonyl (C=O) groups is 1. The molecule has 0 bridgehead atoms. The Hall–Kier alpha value is -1.52. The van der Waals surface area contributed by atoms with Crippen molar-refractivity contribution < 1.29 is 14.3 Å². The van der Waals surface area contributed by atoms with E-state index < -0.39 is 5.97 Å². The molecule has 19 heavy (non-hydrogen) atoms. The van der Waals surface area contributed by atoms with E-state index in [1.54, 1.807) is 18.2 Å². The molecule has 0 unspecified atom stereocenters. The summed E-state index contributed by atoms with van der Waals surface area (Å²) >= 11 is 5.99. The Balaban J connectivity index is 2.09. The van der Waals surface area contributed by atoms with E-state index in [1.807, 2.05) is 0 Å². The molecule has 1 aromatic heterocycles. The van der Waals surface area contributed by atoms with Gasteiger partial charge in [-0.05, 0) is 44.1 Å². The molecule has 1 N–H and O–H groups in total. The van der Waals surface area contributed by atoms with Crippen molar-refractivity contribution in [3.05, 3.63) is 34.5 Å². The lowest BCUT2D eigenvalue weighted by Crippen LogP contribution is -2.19. The zero-order valence-electron chi connectivity index (χ0n) is 10.4. The highest BCUT2D eigenvalue weighted by Crippen LogP contribution is 2.30. The zero-order valence-corrected chi connectivity index (χ0v) is 11.1. The van der Waals surface area contributed by atoms with Gasteiger partial charge in [-0.3, -0.25) is 4.90 Å². The van der Waals surface area contributed by atoms with Crippen LogP contribution in [0.4, 0.5) is 0 Å². The molecule has 2 aromatic rings. The van der Waals surface area contributed by atoms with Crippen LogP contribution in [0.25, 0.3) is 11.0 Å². The molecule has 0 radical (unpaired) electrons. The van der Waals surface area contributed by atoms with Gasteiger partial charge in [0.25, 0.3) is 0 Å². The van der Waals surface area contributed by atoms with E-state index in [0.717, 1.165) is 24.0 Å². The number of hydrogen-bond acceptors (Lipinski definition) is 3. The van der Waals surface area contributed by atoms with Crippen molar-refractivity contribution in [1.82, 2.24) is 4.90 Å². The summed E-state index contributed by atoms with van der Waals surface area (Å²) in [6.07, 6.45) is 2.33. The number of likely N-dealkylation sites (tertiary alicyclic amines) is 1. The van der Waals surface area contributed by atoms with Gasteiger partial charge in [0.05, 0.1) is 0 Å². The number of halogens is 1. The maximum atomic E-state index is 11.3. The van der Waals surface area contributed by atoms with Crippen molar-refractivity contribution >= 4 is 28.5 Å². The first-order valence-electron chi connectivity index (χ1n) is 6.32. The summed E-state index contributed by atoms with van der Waals surface area (Å²) in [7, 11) is 0. The second-order valence-corrected chi connectivity index (χ2v) is 5.28. The Morgan fingerprint density at radius 1 is 1.37 bits per heavy atom. The molecule has 1 saturated heterocycles. The van der Waals surface area contributed by atoms with Gasteiger partial charge < -0.3 is 9.52 Å². The number of nitrogens with zero attached hydrogens (tertiary/aromatic N) is 1. The van der Waals surface area contributed by atoms with E-state index in [2.05, 4.69) is 4.90 Å². The van der Waals surface area contributed by atoms with Crippen molar-refractivity contribution in [2.24, 2.45) is 0 Å². The monoisotopic (exact) mass is 279 g/mol. The molecule has 1 fully saturated rings. The van der Waals surface area contributed by atoms with E-state index in [9.17, 15) is 9.90 Å². The van der Waals surface area contributed by atoms with E-state index in [-0.39, 0.29) is 5.76 Å². The van der Waals surface area contributed by atoms with Gasteiger partial charge in [-0.25, -0.2) is 4.79 Å². The molecule has 3 rings (SSSR count). The average molecular weight is 280 g/mol. The molecule has 1 aliphatic rings. The summed E-state index contributed by atoms with van der Waals surface area (Å²) in [4.78, 5) is 13.6. The van der Waals surface area contributed by atoms with Crippen molar-refractivity contribution in [2.45, 2.75) is 19.4 Å². The molecule has 1 aliphatic heterocycles. The maximum Gasteiger partial charge on any atom is 0.372 e. The number of benzene rings is 1. The predicted molar refractivity (Wildman–Crippen MR) is 72.7 cm³/mol. The molecule has 0 atom stereocenters. The van der Waals surface area contributed by atoms with E-state index >= 15 is 0 Å². The number of carboxylic acid groups (broad SMARTS) is 1. The smallest absolute Gasteiger partial charge is 0.372 e. The third-order valence-corrected chi connectivity index (χ3v) is 3.76. The number of rotatable bonds is 3. The van der Waals surface area contributed by atoms with E-state index in [0.29, 0.717) is 17.2 Å². The SMILES string of the molecule is O=C(O)c1oc2ccc(Cl)cc2c1CN1CCCC1. The van der Waals surface area contributed by atoms with Crippen LogP contribution in [0.3, 0.4) is 0 Å². The second kappa shape index (κ2) is 4.87. The fourth-order valence-electron chi connectivity index (χ4n) is 2.61. The van der Waals surface area contributed by atoms with Gasteiger partial charge in [0, 0.05) is 22.5 Å². The lowest BCUT2D eigenvalue weighted by Gasteiger charge is -2.13. The lowest BCUT2D eigenvalue weighted by atomic mass is 10.1. The summed E-state index contributed by atoms with van der Waals surface area (Å²) in [6.45, 7) is 2.62. The van der Waals surface area contributed by atoms with E-state index in [1.165, 1.54) is 12.8 Å². The van der Waals surface area contributed by atoms with Crippen LogP contribution < -0.4 is 0 Å². The highest BCUT2D eigenvalue weighted by molar-refractivity contribution is 6.31. The van der Waals surface area contributed by atoms with Crippen molar-refractivity contribution in [3.8, 4) is 0 Å². The molecule has 0 amide bonds. The summed E-state index contributed by atoms with van der Waals surface area (Å²) in [5.74, 6) is -0.995. The summed E-state index contributed by atoms with van der Waals surface area (Å²) in [5, 5.41) is 10.7. The minimum Gasteiger partial charge on any atom is -0.475 e. The van der Waals surface area contributed by atoms with Crippen molar-refractivity contribution in [2.75, 3.05) is 13.1 Å². The molecule has 4 nitrogen and oxygen atoms in total. The molecule has 0 saturated carbocycles. The fourth-order valence-corrected chi connectivity index (χ4v) is 2.79. The van der Waals surface area contributed by atoms with Gasteiger partial charge >= 0.3 is 5.97 Å². The number of aromatic carboxylic acids is 1. The predicted octanol–water partition coefficient (Wildman–Crippen LogP) is 3.38. The lowest BCUT2D eigenvalue weighted by molar-refractivity contribution is 0.0662. The Labute approximate surface area is 115 Å². The van der Waals surface area contributed by atoms with Gasteiger partial charge in [-0.2, -0.15) is 0 Å². The normalized spacial score (nSPS) is 16.3. The minimum atomic E-state index is -1.03. The number of carboxylic acids is 1. The van der Waals surface area contributed by atoms with Crippen LogP contribution in [0, 0.1) is 0 Å². The molecular weight excluding hydrogens is 266 g/mol. The van der Waals surface area contributed by atoms with Gasteiger partial charge in [-0.1, -0.05) is 11.6 Å². The summed E-state index contributed by atoms with van der Waals surface area (Å²) in [5.41, 5.74) is 1.31. The number of furan rings is 1. The molecule has 100 valence electrons. The van der Waals surface area contributed by atoms with Crippen LogP contribution in [0.5, 0.6) is 0 Å². The maximum absolute atomic E-state index is 11.3. The fraction of sp³-hybridized carbons (Fsp3) is 0.357. The van der Waals surface area contributed by atoms with Crippen molar-refractivity contribution in [3.63, 3.8) is 0 Å². The van der Waals surface area contributed by atoms with Gasteiger partial charge in [0.1, 0.15) is 5.58 Å². The molecule has 2 heterocycles. The quantitative estimate of drug-likeness (QED) is 0.936. The standard InChI is InChI=1S/C14H14ClNO3/c15-9-3-4-12-10(7-9)11(13(19-12)14(17)18)8-16-5-1-2-6-16/h3-4,7H,1-2,5-6,8H2,(H,17,18). The third-order valence-electron chi connectivity index (χ3n) is 3.53. The Morgan fingerprint density at radius 2 is 2.11 bits per heavy atom. The molecule has 0 spiro atoms. The third kappa shape index (κ3) is 2.33. The summed E-state index contributed by atoms with van der Waals surface area (Å²) in [6, 6.07) is 5.20. The molecular formula is C14H14ClNO3. The Bertz CT molecular complexity index is 629. The number of fused-ring (bicyclic) bond motifs is 1. The first kappa shape index (κ1) is 12.5. The minimum absolute atomic E-state index is 0.0316. The van der Waals surface area contributed by atoms with Crippen LogP contribution in [-0.2, 0) is 6.54 Å². The summed E-state index contributed by atoms with van der Waals surface area (Å²) < 4.78 is 5.44. The largest absolute Gasteiger partial charge is 0.475 e. The number of hydrogen-bond donors (Lipinski definition) is 1. The van der Waals surface area contributed by atoms with Crippen LogP contribution >= 0.6 is 11.6 Å². The molecule has 5 heteroatoms. The Morgan fingerprint density at radius 3 is 2.79 bits per heavy atom. The van der Waals surface area contributed by atoms with Crippen LogP contribution in [-0.4, -0.2) is 29.1 Å². The molecule has 0 aliphatic carbocycles. The first-order chi connectivity index (χ1) is 9.15. The van der Waals surface area contributed by atoms with Crippen molar-refractivity contribution in [1.29, 1.82) is 0 Å². The topological polar surface area (TPSA) is 53.7 Å². The van der Waals surface area contributed by atoms with Gasteiger partial charge in [0.2, 0.25) is 5.76 Å².